The van der Waals surface area contributed by atoms with Gasteiger partial charge in [0.25, 0.3) is 0 Å². The van der Waals surface area contributed by atoms with Crippen molar-refractivity contribution in [3.63, 3.8) is 0 Å². The van der Waals surface area contributed by atoms with Crippen LogP contribution in [0.1, 0.15) is 12.8 Å². The molecule has 2 aromatic rings. The van der Waals surface area contributed by atoms with Crippen molar-refractivity contribution in [2.24, 2.45) is 0 Å². The lowest BCUT2D eigenvalue weighted by Crippen LogP contribution is -2.54. The zero-order valence-electron chi connectivity index (χ0n) is 11.8. The van der Waals surface area contributed by atoms with Crippen molar-refractivity contribution in [2.75, 3.05) is 13.1 Å². The van der Waals surface area contributed by atoms with E-state index in [4.69, 9.17) is 0 Å². The molecule has 1 saturated heterocycles. The van der Waals surface area contributed by atoms with Crippen LogP contribution in [0.15, 0.2) is 29.4 Å². The van der Waals surface area contributed by atoms with E-state index in [-0.39, 0.29) is 4.90 Å². The van der Waals surface area contributed by atoms with Crippen LogP contribution >= 0.6 is 0 Å². The van der Waals surface area contributed by atoms with E-state index in [0.29, 0.717) is 11.0 Å². The Bertz CT molecular complexity index is 824. The summed E-state index contributed by atoms with van der Waals surface area (Å²) in [5, 5.41) is 10.0. The molecular formula is C13H14F3N3O3S. The van der Waals surface area contributed by atoms with Gasteiger partial charge in [-0.2, -0.15) is 17.5 Å². The molecule has 3 rings (SSSR count). The number of fused-ring (bicyclic) bond motifs is 1. The predicted octanol–water partition coefficient (Wildman–Crippen LogP) is 1.64. The van der Waals surface area contributed by atoms with Gasteiger partial charge in [-0.15, -0.1) is 0 Å². The maximum absolute atomic E-state index is 12.8. The molecule has 0 radical (unpaired) electrons. The third kappa shape index (κ3) is 2.60. The lowest BCUT2D eigenvalue weighted by molar-refractivity contribution is -0.270. The van der Waals surface area contributed by atoms with Crippen LogP contribution in [0, 0.1) is 0 Å². The van der Waals surface area contributed by atoms with Crippen LogP contribution in [0.3, 0.4) is 0 Å². The smallest absolute Gasteiger partial charge is 0.380 e. The fourth-order valence-electron chi connectivity index (χ4n) is 2.66. The van der Waals surface area contributed by atoms with Gasteiger partial charge in [-0.1, -0.05) is 0 Å². The van der Waals surface area contributed by atoms with Gasteiger partial charge in [-0.25, -0.2) is 13.4 Å². The summed E-state index contributed by atoms with van der Waals surface area (Å²) in [5.74, 6) is 0. The molecule has 0 amide bonds. The minimum atomic E-state index is -4.77. The first-order chi connectivity index (χ1) is 10.7. The Morgan fingerprint density at radius 2 is 1.96 bits per heavy atom. The summed E-state index contributed by atoms with van der Waals surface area (Å²) in [6.07, 6.45) is -3.36. The molecule has 6 nitrogen and oxygen atoms in total. The van der Waals surface area contributed by atoms with Crippen molar-refractivity contribution in [1.29, 1.82) is 0 Å². The quantitative estimate of drug-likeness (QED) is 0.863. The summed E-state index contributed by atoms with van der Waals surface area (Å²) < 4.78 is 64.6. The molecule has 0 unspecified atom stereocenters. The van der Waals surface area contributed by atoms with Gasteiger partial charge in [0.05, 0.1) is 0 Å². The van der Waals surface area contributed by atoms with Gasteiger partial charge in [-0.3, -0.25) is 0 Å². The topological polar surface area (TPSA) is 86.3 Å². The summed E-state index contributed by atoms with van der Waals surface area (Å²) in [4.78, 5) is 6.69. The van der Waals surface area contributed by atoms with E-state index < -0.39 is 47.7 Å². The Kier molecular flexibility index (Phi) is 3.65. The molecule has 126 valence electrons. The lowest BCUT2D eigenvalue weighted by Gasteiger charge is -2.38. The number of aromatic amines is 1. The molecule has 0 aliphatic carbocycles. The molecule has 0 spiro atoms. The number of piperidine rings is 1. The molecule has 0 saturated carbocycles. The first kappa shape index (κ1) is 16.2. The number of halogens is 3. The second kappa shape index (κ2) is 5.18. The van der Waals surface area contributed by atoms with Gasteiger partial charge in [0.15, 0.2) is 5.60 Å². The summed E-state index contributed by atoms with van der Waals surface area (Å²) in [6.45, 7) is -0.795. The van der Waals surface area contributed by atoms with Crippen LogP contribution in [0.25, 0.3) is 11.0 Å². The van der Waals surface area contributed by atoms with Crippen LogP contribution in [-0.4, -0.2) is 52.7 Å². The normalized spacial score (nSPS) is 20.0. The minimum Gasteiger partial charge on any atom is -0.380 e. The highest BCUT2D eigenvalue weighted by Crippen LogP contribution is 2.39. The number of H-pyrrole nitrogens is 1. The van der Waals surface area contributed by atoms with Gasteiger partial charge >= 0.3 is 6.18 Å². The number of sulfonamides is 1. The molecular weight excluding hydrogens is 335 g/mol. The molecule has 10 heteroatoms. The second-order valence-corrected chi connectivity index (χ2v) is 7.39. The lowest BCUT2D eigenvalue weighted by atomic mass is 9.92. The standard InChI is InChI=1S/C13H14F3N3O3S/c14-13(15,16)12(20)3-6-19(7-4-12)23(21,22)10-8-18-11-9(10)2-1-5-17-11/h1-2,5,8,20H,3-4,6-7H2,(H,17,18). The average molecular weight is 349 g/mol. The molecule has 3 heterocycles. The Labute approximate surface area is 130 Å². The van der Waals surface area contributed by atoms with E-state index in [1.165, 1.54) is 12.4 Å². The number of rotatable bonds is 2. The Morgan fingerprint density at radius 3 is 2.57 bits per heavy atom. The maximum atomic E-state index is 12.8. The highest BCUT2D eigenvalue weighted by Gasteiger charge is 2.55. The first-order valence-electron chi connectivity index (χ1n) is 6.86. The zero-order chi connectivity index (χ0) is 16.9. The van der Waals surface area contributed by atoms with Crippen LogP contribution in [-0.2, 0) is 10.0 Å². The summed E-state index contributed by atoms with van der Waals surface area (Å²) >= 11 is 0. The van der Waals surface area contributed by atoms with E-state index in [9.17, 15) is 26.7 Å². The average Bonchev–Trinajstić information content (AvgIpc) is 2.91. The second-order valence-electron chi connectivity index (χ2n) is 5.49. The van der Waals surface area contributed by atoms with Crippen molar-refractivity contribution in [2.45, 2.75) is 29.5 Å². The van der Waals surface area contributed by atoms with Crippen LogP contribution < -0.4 is 0 Å². The molecule has 2 aromatic heterocycles. The van der Waals surface area contributed by atoms with Crippen molar-refractivity contribution in [3.05, 3.63) is 24.5 Å². The number of nitrogens with one attached hydrogen (secondary N) is 1. The Hall–Kier alpha value is -1.65. The van der Waals surface area contributed by atoms with Gasteiger partial charge in [0.1, 0.15) is 10.5 Å². The summed E-state index contributed by atoms with van der Waals surface area (Å²) in [5.41, 5.74) is -2.45. The number of hydrogen-bond donors (Lipinski definition) is 2. The van der Waals surface area contributed by atoms with Crippen LogP contribution in [0.5, 0.6) is 0 Å². The third-order valence-electron chi connectivity index (χ3n) is 4.11. The Balaban J connectivity index is 1.88. The van der Waals surface area contributed by atoms with Gasteiger partial charge in [0.2, 0.25) is 10.0 Å². The highest BCUT2D eigenvalue weighted by molar-refractivity contribution is 7.89. The van der Waals surface area contributed by atoms with Crippen LogP contribution in [0.2, 0.25) is 0 Å². The SMILES string of the molecule is O=S(=O)(c1c[nH]c2ncccc12)N1CCC(O)(C(F)(F)F)CC1. The number of pyridine rings is 1. The fourth-order valence-corrected chi connectivity index (χ4v) is 4.26. The van der Waals surface area contributed by atoms with E-state index in [2.05, 4.69) is 9.97 Å². The predicted molar refractivity (Wildman–Crippen MR) is 75.1 cm³/mol. The highest BCUT2D eigenvalue weighted by atomic mass is 32.2. The molecule has 0 atom stereocenters. The van der Waals surface area contributed by atoms with E-state index in [1.807, 2.05) is 0 Å². The van der Waals surface area contributed by atoms with Gasteiger partial charge < -0.3 is 10.1 Å². The number of alkyl halides is 3. The molecule has 1 fully saturated rings. The number of aromatic nitrogens is 2. The zero-order valence-corrected chi connectivity index (χ0v) is 12.7. The molecule has 23 heavy (non-hydrogen) atoms. The summed E-state index contributed by atoms with van der Waals surface area (Å²) in [6, 6.07) is 3.15. The molecule has 0 bridgehead atoms. The monoisotopic (exact) mass is 349 g/mol. The molecule has 1 aliphatic heterocycles. The Morgan fingerprint density at radius 1 is 1.30 bits per heavy atom. The maximum Gasteiger partial charge on any atom is 0.417 e. The van der Waals surface area contributed by atoms with Crippen molar-refractivity contribution in [3.8, 4) is 0 Å². The number of nitrogens with zero attached hydrogens (tertiary/aromatic N) is 2. The van der Waals surface area contributed by atoms with Crippen molar-refractivity contribution < 1.29 is 26.7 Å². The van der Waals surface area contributed by atoms with Crippen LogP contribution in [0.4, 0.5) is 13.2 Å². The van der Waals surface area contributed by atoms with E-state index in [0.717, 1.165) is 4.31 Å². The fraction of sp³-hybridized carbons (Fsp3) is 0.462. The van der Waals surface area contributed by atoms with Crippen molar-refractivity contribution >= 4 is 21.1 Å². The van der Waals surface area contributed by atoms with Crippen molar-refractivity contribution in [1.82, 2.24) is 14.3 Å². The number of hydrogen-bond acceptors (Lipinski definition) is 4. The largest absolute Gasteiger partial charge is 0.417 e. The molecule has 1 aliphatic rings. The third-order valence-corrected chi connectivity index (χ3v) is 6.05. The van der Waals surface area contributed by atoms with Gasteiger partial charge in [-0.05, 0) is 25.0 Å². The first-order valence-corrected chi connectivity index (χ1v) is 8.30. The van der Waals surface area contributed by atoms with Gasteiger partial charge in [0, 0.05) is 30.9 Å². The summed E-state index contributed by atoms with van der Waals surface area (Å²) in [7, 11) is -3.96. The minimum absolute atomic E-state index is 0.0296. The van der Waals surface area contributed by atoms with E-state index in [1.54, 1.807) is 12.1 Å². The molecule has 2 N–H and O–H groups in total. The van der Waals surface area contributed by atoms with E-state index >= 15 is 0 Å². The molecule has 0 aromatic carbocycles. The number of aliphatic hydroxyl groups is 1.